The van der Waals surface area contributed by atoms with Crippen LogP contribution in [0.15, 0.2) is 0 Å². The summed E-state index contributed by atoms with van der Waals surface area (Å²) in [6.45, 7) is 0. The molecule has 9 rings (SSSR count). The van der Waals surface area contributed by atoms with Crippen LogP contribution < -0.4 is 31.9 Å². The average Bonchev–Trinajstić information content (AvgIpc) is 3.92. The third kappa shape index (κ3) is 6.13. The van der Waals surface area contributed by atoms with Gasteiger partial charge in [-0.15, -0.1) is 0 Å². The topological polar surface area (TPSA) is 100 Å². The van der Waals surface area contributed by atoms with Crippen molar-refractivity contribution < 1.29 is 87.0 Å². The molecular weight excluding hydrogens is 859 g/mol. The summed E-state index contributed by atoms with van der Waals surface area (Å²) >= 11 is 0. The Morgan fingerprint density at radius 3 is 0.544 bits per heavy atom. The van der Waals surface area contributed by atoms with Gasteiger partial charge in [0, 0.05) is 23.7 Å². The van der Waals surface area contributed by atoms with Gasteiger partial charge in [0.25, 0.3) is 0 Å². The van der Waals surface area contributed by atoms with E-state index in [0.717, 1.165) is 0 Å². The second-order valence-corrected chi connectivity index (χ2v) is 16.7. The first-order valence-electron chi connectivity index (χ1n) is 18.7. The van der Waals surface area contributed by atoms with Crippen molar-refractivity contribution in [2.24, 2.45) is 47.3 Å². The standard InChI is InChI=1S/C32H38F16N8.Co/c33-9-1-2(10(34)18(42)17(9)41)26-49-25(1)53-27-3-4(12(36)20(44)19(43)11(3)35)29(50-27)55-31-7-8(16(40)24(48)23(47)15(7)39)32(52-31)56-30-6-5(28(51-30)54-26)13(37)21(45)22(46)14(6)38;/h1-32,49,52-56H;/q-2;+2. The Hall–Kier alpha value is -0.934. The Bertz CT molecular complexity index is 1170. The molecule has 32 unspecified atom stereocenters. The number of hydrogen-bond acceptors (Lipinski definition) is 6. The Kier molecular flexibility index (Phi) is 11.4. The number of hydrogen-bond donors (Lipinski definition) is 6. The van der Waals surface area contributed by atoms with Crippen LogP contribution in [0.1, 0.15) is 0 Å². The van der Waals surface area contributed by atoms with Crippen molar-refractivity contribution in [3.8, 4) is 0 Å². The summed E-state index contributed by atoms with van der Waals surface area (Å²) in [5.41, 5.74) is 0. The fraction of sp³-hybridized carbons (Fsp3) is 1.00. The first-order chi connectivity index (χ1) is 26.4. The molecule has 0 aromatic carbocycles. The molecule has 57 heavy (non-hydrogen) atoms. The zero-order chi connectivity index (χ0) is 40.1. The first kappa shape index (κ1) is 42.7. The SMILES string of the molecule is FC1C(F)C(F)C2C3[N-]C(NC4NC(NC5[N-]C(NC6NC(N3)C3C(F)C(F)C(F)C(F)C63)C3C(F)C(F)C(F)C(F)C53)C3C(F)C(F)C(F)C(F)C43)C2C1F.[Co+2]. The molecule has 25 heteroatoms. The predicted molar refractivity (Wildman–Crippen MR) is 162 cm³/mol. The van der Waals surface area contributed by atoms with Crippen LogP contribution in [0.5, 0.6) is 0 Å². The number of halogens is 16. The molecule has 0 aromatic heterocycles. The number of nitrogens with one attached hydrogen (secondary N) is 6. The molecule has 9 fully saturated rings. The molecule has 4 saturated carbocycles. The molecule has 0 amide bonds. The van der Waals surface area contributed by atoms with Gasteiger partial charge >= 0.3 is 16.8 Å². The molecule has 6 N–H and O–H groups in total. The predicted octanol–water partition coefficient (Wildman–Crippen LogP) is 3.34. The van der Waals surface area contributed by atoms with E-state index in [2.05, 4.69) is 42.5 Å². The number of rotatable bonds is 0. The minimum absolute atomic E-state index is 0. The number of nitrogens with zero attached hydrogens (tertiary/aromatic N) is 2. The number of fused-ring (bicyclic) bond motifs is 20. The first-order valence-corrected chi connectivity index (χ1v) is 18.7. The van der Waals surface area contributed by atoms with Gasteiger partial charge in [0.1, 0.15) is 49.4 Å². The summed E-state index contributed by atoms with van der Waals surface area (Å²) in [4.78, 5) is 0. The van der Waals surface area contributed by atoms with E-state index in [0.29, 0.717) is 0 Å². The van der Waals surface area contributed by atoms with Crippen molar-refractivity contribution in [1.82, 2.24) is 31.9 Å². The third-order valence-corrected chi connectivity index (χ3v) is 14.1. The van der Waals surface area contributed by atoms with E-state index in [1.165, 1.54) is 0 Å². The van der Waals surface area contributed by atoms with Gasteiger partial charge in [0.15, 0.2) is 49.4 Å². The van der Waals surface area contributed by atoms with Gasteiger partial charge in [-0.05, 0) is 23.7 Å². The fourth-order valence-electron chi connectivity index (χ4n) is 11.5. The van der Waals surface area contributed by atoms with Gasteiger partial charge in [-0.25, -0.2) is 70.2 Å². The van der Waals surface area contributed by atoms with Gasteiger partial charge in [-0.2, -0.15) is 0 Å². The van der Waals surface area contributed by atoms with Crippen molar-refractivity contribution in [3.05, 3.63) is 10.6 Å². The molecular formula is C32H38CoF16N8. The smallest absolute Gasteiger partial charge is 0.631 e. The molecule has 8 nitrogen and oxygen atoms in total. The van der Waals surface area contributed by atoms with E-state index in [1.807, 2.05) is 0 Å². The molecule has 0 spiro atoms. The molecule has 327 valence electrons. The fourth-order valence-corrected chi connectivity index (χ4v) is 11.5. The average molecular weight is 898 g/mol. The summed E-state index contributed by atoms with van der Waals surface area (Å²) in [7, 11) is 0. The summed E-state index contributed by atoms with van der Waals surface area (Å²) in [5.74, 6) is -15.8. The molecule has 4 aliphatic carbocycles. The van der Waals surface area contributed by atoms with Crippen LogP contribution >= 0.6 is 0 Å². The summed E-state index contributed by atoms with van der Waals surface area (Å²) in [5, 5.41) is 23.8. The largest absolute Gasteiger partial charge is 2.00 e. The van der Waals surface area contributed by atoms with Crippen LogP contribution in [0.2, 0.25) is 0 Å². The molecule has 5 aliphatic heterocycles. The van der Waals surface area contributed by atoms with Gasteiger partial charge in [-0.3, -0.25) is 10.6 Å². The van der Waals surface area contributed by atoms with E-state index in [-0.39, 0.29) is 16.8 Å². The van der Waals surface area contributed by atoms with Gasteiger partial charge in [0.2, 0.25) is 0 Å². The second-order valence-electron chi connectivity index (χ2n) is 16.7. The molecule has 5 saturated heterocycles. The van der Waals surface area contributed by atoms with E-state index >= 15 is 35.1 Å². The maximum absolute atomic E-state index is 15.8. The van der Waals surface area contributed by atoms with Crippen LogP contribution in [-0.2, 0) is 16.8 Å². The van der Waals surface area contributed by atoms with E-state index in [9.17, 15) is 35.1 Å². The normalized spacial score (nSPS) is 64.8. The monoisotopic (exact) mass is 897 g/mol. The minimum atomic E-state index is -3.09. The minimum Gasteiger partial charge on any atom is -0.631 e. The quantitative estimate of drug-likeness (QED) is 0.209. The maximum atomic E-state index is 15.8. The van der Waals surface area contributed by atoms with Crippen molar-refractivity contribution in [3.63, 3.8) is 0 Å². The van der Waals surface area contributed by atoms with Crippen molar-refractivity contribution in [1.29, 1.82) is 0 Å². The van der Waals surface area contributed by atoms with Crippen LogP contribution in [0.25, 0.3) is 10.6 Å². The Labute approximate surface area is 324 Å². The Morgan fingerprint density at radius 1 is 0.211 bits per heavy atom. The Morgan fingerprint density at radius 2 is 0.368 bits per heavy atom. The van der Waals surface area contributed by atoms with Crippen LogP contribution in [0, 0.1) is 47.3 Å². The van der Waals surface area contributed by atoms with Crippen molar-refractivity contribution >= 4 is 0 Å². The van der Waals surface area contributed by atoms with Crippen molar-refractivity contribution in [2.75, 3.05) is 0 Å². The third-order valence-electron chi connectivity index (χ3n) is 14.1. The van der Waals surface area contributed by atoms with Crippen molar-refractivity contribution in [2.45, 2.75) is 148 Å². The number of alkyl halides is 16. The molecule has 8 bridgehead atoms. The van der Waals surface area contributed by atoms with Crippen LogP contribution in [0.3, 0.4) is 0 Å². The summed E-state index contributed by atoms with van der Waals surface area (Å²) in [6.07, 6.45) is -62.2. The zero-order valence-electron chi connectivity index (χ0n) is 28.8. The Balaban J connectivity index is 0.00000455. The van der Waals surface area contributed by atoms with E-state index in [4.69, 9.17) is 0 Å². The molecule has 0 aromatic rings. The second kappa shape index (κ2) is 15.2. The van der Waals surface area contributed by atoms with E-state index in [1.54, 1.807) is 0 Å². The summed E-state index contributed by atoms with van der Waals surface area (Å²) in [6, 6.07) is 0. The van der Waals surface area contributed by atoms with Gasteiger partial charge < -0.3 is 31.9 Å². The molecule has 32 atom stereocenters. The van der Waals surface area contributed by atoms with Crippen LogP contribution in [-0.4, -0.2) is 148 Å². The molecule has 1 radical (unpaired) electrons. The molecule has 5 heterocycles. The van der Waals surface area contributed by atoms with Gasteiger partial charge in [-0.1, -0.05) is 24.7 Å². The van der Waals surface area contributed by atoms with E-state index < -0.39 is 195 Å². The zero-order valence-corrected chi connectivity index (χ0v) is 29.8. The van der Waals surface area contributed by atoms with Crippen LogP contribution in [0.4, 0.5) is 70.2 Å². The van der Waals surface area contributed by atoms with Gasteiger partial charge in [0.05, 0.1) is 24.7 Å². The maximum Gasteiger partial charge on any atom is 2.00 e. The summed E-state index contributed by atoms with van der Waals surface area (Å²) < 4.78 is 246. The molecule has 9 aliphatic rings.